The van der Waals surface area contributed by atoms with E-state index in [0.29, 0.717) is 5.92 Å². The summed E-state index contributed by atoms with van der Waals surface area (Å²) in [5, 5.41) is 30.7. The van der Waals surface area contributed by atoms with Crippen LogP contribution in [0.4, 0.5) is 0 Å². The number of fused-ring (bicyclic) bond motifs is 3. The summed E-state index contributed by atoms with van der Waals surface area (Å²) in [5.74, 6) is -0.0249. The number of carboxylic acid groups (broad SMARTS) is 1. The Labute approximate surface area is 144 Å². The molecule has 4 fully saturated rings. The van der Waals surface area contributed by atoms with E-state index in [1.54, 1.807) is 0 Å². The quantitative estimate of drug-likeness (QED) is 0.723. The van der Waals surface area contributed by atoms with Crippen LogP contribution >= 0.6 is 0 Å². The lowest BCUT2D eigenvalue weighted by Crippen LogP contribution is -2.60. The number of rotatable bonds is 2. The van der Waals surface area contributed by atoms with Crippen LogP contribution in [0.15, 0.2) is 0 Å². The summed E-state index contributed by atoms with van der Waals surface area (Å²) in [4.78, 5) is 12.1. The molecule has 0 aromatic heterocycles. The van der Waals surface area contributed by atoms with Gasteiger partial charge in [-0.25, -0.2) is 0 Å². The van der Waals surface area contributed by atoms with Crippen molar-refractivity contribution in [3.05, 3.63) is 0 Å². The van der Waals surface area contributed by atoms with Crippen LogP contribution in [0.25, 0.3) is 0 Å². The molecule has 4 heteroatoms. The second-order valence-electron chi connectivity index (χ2n) is 10.0. The maximum absolute atomic E-state index is 12.1. The van der Waals surface area contributed by atoms with E-state index in [2.05, 4.69) is 6.92 Å². The predicted octanol–water partition coefficient (Wildman–Crippen LogP) is 3.21. The predicted molar refractivity (Wildman–Crippen MR) is 90.3 cm³/mol. The van der Waals surface area contributed by atoms with Crippen molar-refractivity contribution < 1.29 is 20.1 Å². The zero-order valence-corrected chi connectivity index (χ0v) is 15.1. The van der Waals surface area contributed by atoms with Crippen molar-refractivity contribution in [1.29, 1.82) is 0 Å². The summed E-state index contributed by atoms with van der Waals surface area (Å²) in [6.07, 6.45) is 8.21. The number of hydrogen-bond acceptors (Lipinski definition) is 3. The molecule has 4 aliphatic rings. The lowest BCUT2D eigenvalue weighted by molar-refractivity contribution is -0.195. The average molecular weight is 336 g/mol. The third kappa shape index (κ3) is 1.85. The molecule has 3 N–H and O–H groups in total. The number of aliphatic carboxylic acids is 1. The van der Waals surface area contributed by atoms with E-state index < -0.39 is 17.5 Å². The molecule has 24 heavy (non-hydrogen) atoms. The largest absolute Gasteiger partial charge is 0.481 e. The smallest absolute Gasteiger partial charge is 0.309 e. The molecule has 1 unspecified atom stereocenters. The Kier molecular flexibility index (Phi) is 3.49. The summed E-state index contributed by atoms with van der Waals surface area (Å²) in [6.45, 7) is 4.37. The normalized spacial score (nSPS) is 56.4. The minimum Gasteiger partial charge on any atom is -0.481 e. The maximum Gasteiger partial charge on any atom is 0.309 e. The summed E-state index contributed by atoms with van der Waals surface area (Å²) in [7, 11) is 0. The van der Waals surface area contributed by atoms with E-state index in [0.717, 1.165) is 57.8 Å². The Balaban J connectivity index is 1.74. The summed E-state index contributed by atoms with van der Waals surface area (Å²) in [5.41, 5.74) is -0.672. The molecule has 0 aromatic carbocycles. The van der Waals surface area contributed by atoms with Gasteiger partial charge in [0.15, 0.2) is 0 Å². The van der Waals surface area contributed by atoms with Gasteiger partial charge >= 0.3 is 5.97 Å². The SMILES string of the molecule is C[C@@]1(C(=O)O)CCC[C@@]2(C)C3C[C@@H](O)[C@]4(CO)CC[C@@]3(CC[C@H]12)C4. The first-order valence-electron chi connectivity index (χ1n) is 9.75. The highest BCUT2D eigenvalue weighted by Gasteiger charge is 2.68. The summed E-state index contributed by atoms with van der Waals surface area (Å²) in [6, 6.07) is 0. The molecule has 1 spiro atoms. The Bertz CT molecular complexity index is 562. The fourth-order valence-corrected chi connectivity index (χ4v) is 7.94. The van der Waals surface area contributed by atoms with Crippen molar-refractivity contribution in [2.45, 2.75) is 77.7 Å². The van der Waals surface area contributed by atoms with Gasteiger partial charge in [-0.2, -0.15) is 0 Å². The second-order valence-corrected chi connectivity index (χ2v) is 10.0. The van der Waals surface area contributed by atoms with Gasteiger partial charge in [-0.15, -0.1) is 0 Å². The highest BCUT2D eigenvalue weighted by atomic mass is 16.4. The monoisotopic (exact) mass is 336 g/mol. The molecule has 4 aliphatic carbocycles. The van der Waals surface area contributed by atoms with Crippen LogP contribution in [0.3, 0.4) is 0 Å². The van der Waals surface area contributed by atoms with E-state index >= 15 is 0 Å². The zero-order valence-electron chi connectivity index (χ0n) is 15.1. The zero-order chi connectivity index (χ0) is 17.4. The van der Waals surface area contributed by atoms with Crippen LogP contribution < -0.4 is 0 Å². The highest BCUT2D eigenvalue weighted by molar-refractivity contribution is 5.75. The first-order chi connectivity index (χ1) is 11.2. The van der Waals surface area contributed by atoms with Gasteiger partial charge < -0.3 is 15.3 Å². The van der Waals surface area contributed by atoms with Crippen LogP contribution in [0.1, 0.15) is 71.6 Å². The van der Waals surface area contributed by atoms with Crippen molar-refractivity contribution in [1.82, 2.24) is 0 Å². The summed E-state index contributed by atoms with van der Waals surface area (Å²) < 4.78 is 0. The molecule has 0 radical (unpaired) electrons. The maximum atomic E-state index is 12.1. The fourth-order valence-electron chi connectivity index (χ4n) is 7.94. The first kappa shape index (κ1) is 16.8. The fraction of sp³-hybridized carbons (Fsp3) is 0.950. The topological polar surface area (TPSA) is 77.8 Å². The molecule has 0 heterocycles. The van der Waals surface area contributed by atoms with E-state index in [-0.39, 0.29) is 28.8 Å². The molecular weight excluding hydrogens is 304 g/mol. The number of aliphatic hydroxyl groups excluding tert-OH is 2. The van der Waals surface area contributed by atoms with E-state index in [1.165, 1.54) is 0 Å². The molecule has 4 rings (SSSR count). The Morgan fingerprint density at radius 3 is 2.50 bits per heavy atom. The van der Waals surface area contributed by atoms with Crippen molar-refractivity contribution in [2.24, 2.45) is 33.5 Å². The van der Waals surface area contributed by atoms with Gasteiger partial charge in [-0.1, -0.05) is 13.3 Å². The van der Waals surface area contributed by atoms with Gasteiger partial charge in [0, 0.05) is 5.41 Å². The Hall–Kier alpha value is -0.610. The number of aliphatic hydroxyl groups is 2. The third-order valence-electron chi connectivity index (χ3n) is 9.24. The van der Waals surface area contributed by atoms with Crippen molar-refractivity contribution in [3.63, 3.8) is 0 Å². The van der Waals surface area contributed by atoms with Crippen molar-refractivity contribution >= 4 is 5.97 Å². The average Bonchev–Trinajstić information content (AvgIpc) is 2.86. The molecule has 4 saturated carbocycles. The van der Waals surface area contributed by atoms with Gasteiger partial charge in [-0.05, 0) is 81.0 Å². The molecule has 7 atom stereocenters. The lowest BCUT2D eigenvalue weighted by atomic mass is 9.40. The molecular formula is C20H32O4. The standard InChI is InChI=1S/C20H32O4/c1-17-5-3-6-18(2,16(23)24)13(17)4-7-19-8-9-20(11-19,12-21)15(22)10-14(17)19/h13-15,21-22H,3-12H2,1-2H3,(H,23,24)/t13-,14?,15+,17+,18+,19-,20+/m0/s1. The number of carbonyl (C=O) groups is 1. The molecule has 0 aromatic rings. The highest BCUT2D eigenvalue weighted by Crippen LogP contribution is 2.73. The van der Waals surface area contributed by atoms with Crippen LogP contribution in [0.2, 0.25) is 0 Å². The molecule has 2 bridgehead atoms. The Morgan fingerprint density at radius 2 is 1.83 bits per heavy atom. The molecule has 0 saturated heterocycles. The minimum atomic E-state index is -0.637. The van der Waals surface area contributed by atoms with Gasteiger partial charge in [-0.3, -0.25) is 4.79 Å². The van der Waals surface area contributed by atoms with Gasteiger partial charge in [0.25, 0.3) is 0 Å². The minimum absolute atomic E-state index is 0.0105. The molecule has 0 amide bonds. The van der Waals surface area contributed by atoms with Gasteiger partial charge in [0.05, 0.1) is 18.1 Å². The van der Waals surface area contributed by atoms with Gasteiger partial charge in [0.1, 0.15) is 0 Å². The van der Waals surface area contributed by atoms with E-state index in [9.17, 15) is 20.1 Å². The summed E-state index contributed by atoms with van der Waals surface area (Å²) >= 11 is 0. The lowest BCUT2D eigenvalue weighted by Gasteiger charge is -2.64. The first-order valence-corrected chi connectivity index (χ1v) is 9.75. The van der Waals surface area contributed by atoms with E-state index in [1.807, 2.05) is 6.92 Å². The van der Waals surface area contributed by atoms with Crippen molar-refractivity contribution in [2.75, 3.05) is 6.61 Å². The van der Waals surface area contributed by atoms with Crippen LogP contribution in [0.5, 0.6) is 0 Å². The van der Waals surface area contributed by atoms with Crippen molar-refractivity contribution in [3.8, 4) is 0 Å². The number of hydrogen-bond donors (Lipinski definition) is 3. The molecule has 0 aliphatic heterocycles. The third-order valence-corrected chi connectivity index (χ3v) is 9.24. The number of carboxylic acids is 1. The second kappa shape index (κ2) is 4.97. The van der Waals surface area contributed by atoms with Crippen LogP contribution in [-0.2, 0) is 4.79 Å². The Morgan fingerprint density at radius 1 is 1.08 bits per heavy atom. The molecule has 136 valence electrons. The van der Waals surface area contributed by atoms with Crippen LogP contribution in [-0.4, -0.2) is 34.0 Å². The molecule has 4 nitrogen and oxygen atoms in total. The van der Waals surface area contributed by atoms with Gasteiger partial charge in [0.2, 0.25) is 0 Å². The van der Waals surface area contributed by atoms with Crippen LogP contribution in [0, 0.1) is 33.5 Å². The van der Waals surface area contributed by atoms with E-state index in [4.69, 9.17) is 0 Å².